The van der Waals surface area contributed by atoms with Crippen LogP contribution in [0.25, 0.3) is 0 Å². The van der Waals surface area contributed by atoms with Crippen molar-refractivity contribution in [2.75, 3.05) is 19.0 Å². The Morgan fingerprint density at radius 2 is 1.35 bits per heavy atom. The zero-order valence-corrected chi connectivity index (χ0v) is 12.2. The highest BCUT2D eigenvalue weighted by Gasteiger charge is 2.30. The number of benzene rings is 2. The fourth-order valence-corrected chi connectivity index (χ4v) is 3.29. The maximum absolute atomic E-state index is 9.76. The topological polar surface area (TPSA) is 40.5 Å². The summed E-state index contributed by atoms with van der Waals surface area (Å²) in [5, 5.41) is 19.5. The lowest BCUT2D eigenvalue weighted by atomic mass is 9.79. The van der Waals surface area contributed by atoms with Crippen molar-refractivity contribution in [2.45, 2.75) is 16.7 Å². The SMILES string of the molecule is OCC(CO)(CCSc1ccccc1)c1ccccc1. The summed E-state index contributed by atoms with van der Waals surface area (Å²) in [7, 11) is 0. The molecular formula is C17H20O2S. The Bertz CT molecular complexity index is 495. The molecule has 0 radical (unpaired) electrons. The first kappa shape index (κ1) is 15.1. The average Bonchev–Trinajstić information content (AvgIpc) is 2.54. The molecule has 0 aliphatic rings. The van der Waals surface area contributed by atoms with Gasteiger partial charge in [-0.1, -0.05) is 48.5 Å². The summed E-state index contributed by atoms with van der Waals surface area (Å²) >= 11 is 1.75. The lowest BCUT2D eigenvalue weighted by molar-refractivity contribution is 0.114. The van der Waals surface area contributed by atoms with E-state index in [0.717, 1.165) is 17.7 Å². The van der Waals surface area contributed by atoms with Gasteiger partial charge < -0.3 is 10.2 Å². The van der Waals surface area contributed by atoms with Crippen LogP contribution in [-0.4, -0.2) is 29.2 Å². The molecular weight excluding hydrogens is 268 g/mol. The zero-order valence-electron chi connectivity index (χ0n) is 11.4. The molecule has 0 heterocycles. The van der Waals surface area contributed by atoms with Crippen LogP contribution in [0.1, 0.15) is 12.0 Å². The highest BCUT2D eigenvalue weighted by Crippen LogP contribution is 2.30. The lowest BCUT2D eigenvalue weighted by Crippen LogP contribution is -2.35. The molecule has 0 aliphatic carbocycles. The zero-order chi connectivity index (χ0) is 14.3. The fraction of sp³-hybridized carbons (Fsp3) is 0.294. The molecule has 0 spiro atoms. The van der Waals surface area contributed by atoms with Crippen LogP contribution in [0.5, 0.6) is 0 Å². The molecule has 106 valence electrons. The van der Waals surface area contributed by atoms with Gasteiger partial charge in [0.25, 0.3) is 0 Å². The predicted molar refractivity (Wildman–Crippen MR) is 84.1 cm³/mol. The Morgan fingerprint density at radius 1 is 0.800 bits per heavy atom. The van der Waals surface area contributed by atoms with Crippen LogP contribution in [-0.2, 0) is 5.41 Å². The molecule has 3 heteroatoms. The van der Waals surface area contributed by atoms with Gasteiger partial charge in [-0.15, -0.1) is 11.8 Å². The summed E-state index contributed by atoms with van der Waals surface area (Å²) in [4.78, 5) is 1.21. The second-order valence-electron chi connectivity index (χ2n) is 4.87. The first-order chi connectivity index (χ1) is 9.80. The van der Waals surface area contributed by atoms with E-state index in [-0.39, 0.29) is 13.2 Å². The molecule has 0 amide bonds. The minimum absolute atomic E-state index is 0.0388. The molecule has 2 aromatic carbocycles. The highest BCUT2D eigenvalue weighted by molar-refractivity contribution is 7.99. The van der Waals surface area contributed by atoms with Crippen LogP contribution >= 0.6 is 11.8 Å². The van der Waals surface area contributed by atoms with Crippen LogP contribution < -0.4 is 0 Å². The third-order valence-corrected chi connectivity index (χ3v) is 4.60. The first-order valence-corrected chi connectivity index (χ1v) is 7.74. The average molecular weight is 288 g/mol. The molecule has 2 rings (SSSR count). The van der Waals surface area contributed by atoms with Gasteiger partial charge in [0.2, 0.25) is 0 Å². The van der Waals surface area contributed by atoms with Crippen molar-refractivity contribution in [3.05, 3.63) is 66.2 Å². The Hall–Kier alpha value is -1.29. The van der Waals surface area contributed by atoms with Gasteiger partial charge in [-0.05, 0) is 29.9 Å². The van der Waals surface area contributed by atoms with Crippen LogP contribution in [0.2, 0.25) is 0 Å². The van der Waals surface area contributed by atoms with Crippen molar-refractivity contribution in [3.63, 3.8) is 0 Å². The van der Waals surface area contributed by atoms with E-state index < -0.39 is 5.41 Å². The Morgan fingerprint density at radius 3 is 1.90 bits per heavy atom. The number of hydrogen-bond donors (Lipinski definition) is 2. The largest absolute Gasteiger partial charge is 0.395 e. The van der Waals surface area contributed by atoms with Crippen molar-refractivity contribution in [3.8, 4) is 0 Å². The van der Waals surface area contributed by atoms with Gasteiger partial charge in [0.15, 0.2) is 0 Å². The second kappa shape index (κ2) is 7.48. The third kappa shape index (κ3) is 3.63. The molecule has 0 saturated carbocycles. The smallest absolute Gasteiger partial charge is 0.0550 e. The molecule has 0 unspecified atom stereocenters. The number of thioether (sulfide) groups is 1. The number of rotatable bonds is 7. The summed E-state index contributed by atoms with van der Waals surface area (Å²) in [6, 6.07) is 20.0. The normalized spacial score (nSPS) is 11.5. The molecule has 20 heavy (non-hydrogen) atoms. The van der Waals surface area contributed by atoms with Crippen LogP contribution in [0.3, 0.4) is 0 Å². The maximum Gasteiger partial charge on any atom is 0.0550 e. The molecule has 0 atom stereocenters. The predicted octanol–water partition coefficient (Wildman–Crippen LogP) is 3.09. The molecule has 0 bridgehead atoms. The van der Waals surface area contributed by atoms with E-state index in [9.17, 15) is 10.2 Å². The summed E-state index contributed by atoms with van der Waals surface area (Å²) in [6.07, 6.45) is 0.740. The molecule has 2 nitrogen and oxygen atoms in total. The second-order valence-corrected chi connectivity index (χ2v) is 6.04. The van der Waals surface area contributed by atoms with Crippen molar-refractivity contribution in [1.82, 2.24) is 0 Å². The van der Waals surface area contributed by atoms with E-state index >= 15 is 0 Å². The minimum Gasteiger partial charge on any atom is -0.395 e. The molecule has 2 aromatic rings. The number of aliphatic hydroxyl groups excluding tert-OH is 2. The third-order valence-electron chi connectivity index (χ3n) is 3.58. The molecule has 2 N–H and O–H groups in total. The lowest BCUT2D eigenvalue weighted by Gasteiger charge is -2.30. The summed E-state index contributed by atoms with van der Waals surface area (Å²) in [5.41, 5.74) is 0.446. The minimum atomic E-state index is -0.553. The van der Waals surface area contributed by atoms with Gasteiger partial charge in [0.1, 0.15) is 0 Å². The van der Waals surface area contributed by atoms with E-state index in [1.165, 1.54) is 4.90 Å². The van der Waals surface area contributed by atoms with Gasteiger partial charge in [0.05, 0.1) is 13.2 Å². The number of hydrogen-bond acceptors (Lipinski definition) is 3. The van der Waals surface area contributed by atoms with Gasteiger partial charge >= 0.3 is 0 Å². The summed E-state index contributed by atoms with van der Waals surface area (Å²) < 4.78 is 0. The number of aliphatic hydroxyl groups is 2. The van der Waals surface area contributed by atoms with Crippen molar-refractivity contribution in [1.29, 1.82) is 0 Å². The monoisotopic (exact) mass is 288 g/mol. The molecule has 0 aromatic heterocycles. The van der Waals surface area contributed by atoms with Gasteiger partial charge in [0, 0.05) is 10.3 Å². The van der Waals surface area contributed by atoms with E-state index in [2.05, 4.69) is 12.1 Å². The summed E-state index contributed by atoms with van der Waals surface area (Å²) in [5.74, 6) is 0.861. The Balaban J connectivity index is 2.03. The fourth-order valence-electron chi connectivity index (χ4n) is 2.21. The first-order valence-electron chi connectivity index (χ1n) is 6.76. The van der Waals surface area contributed by atoms with E-state index in [1.54, 1.807) is 11.8 Å². The standard InChI is InChI=1S/C17H20O2S/c18-13-17(14-19,15-7-3-1-4-8-15)11-12-20-16-9-5-2-6-10-16/h1-10,18-19H,11-14H2. The van der Waals surface area contributed by atoms with Gasteiger partial charge in [-0.2, -0.15) is 0 Å². The molecule has 0 saturated heterocycles. The quantitative estimate of drug-likeness (QED) is 0.769. The highest BCUT2D eigenvalue weighted by atomic mass is 32.2. The van der Waals surface area contributed by atoms with Crippen LogP contribution in [0.4, 0.5) is 0 Å². The van der Waals surface area contributed by atoms with Gasteiger partial charge in [-0.25, -0.2) is 0 Å². The summed E-state index contributed by atoms with van der Waals surface area (Å²) in [6.45, 7) is -0.0777. The van der Waals surface area contributed by atoms with Crippen LogP contribution in [0.15, 0.2) is 65.6 Å². The Kier molecular flexibility index (Phi) is 5.65. The van der Waals surface area contributed by atoms with Gasteiger partial charge in [-0.3, -0.25) is 0 Å². The van der Waals surface area contributed by atoms with E-state index in [4.69, 9.17) is 0 Å². The molecule has 0 aliphatic heterocycles. The maximum atomic E-state index is 9.76. The van der Waals surface area contributed by atoms with Crippen LogP contribution in [0, 0.1) is 0 Å². The van der Waals surface area contributed by atoms with E-state index in [1.807, 2.05) is 48.5 Å². The van der Waals surface area contributed by atoms with E-state index in [0.29, 0.717) is 0 Å². The van der Waals surface area contributed by atoms with Crippen molar-refractivity contribution >= 4 is 11.8 Å². The Labute approximate surface area is 124 Å². The van der Waals surface area contributed by atoms with Crippen molar-refractivity contribution < 1.29 is 10.2 Å². The molecule has 0 fully saturated rings. The van der Waals surface area contributed by atoms with Crippen molar-refractivity contribution in [2.24, 2.45) is 0 Å².